The minimum Gasteiger partial charge on any atom is -0.491 e. The van der Waals surface area contributed by atoms with Crippen molar-refractivity contribution in [1.29, 1.82) is 5.26 Å². The van der Waals surface area contributed by atoms with Crippen LogP contribution in [-0.4, -0.2) is 67.7 Å². The van der Waals surface area contributed by atoms with Crippen molar-refractivity contribution in [2.24, 2.45) is 0 Å². The molecule has 36 heavy (non-hydrogen) atoms. The Morgan fingerprint density at radius 1 is 0.917 bits per heavy atom. The van der Waals surface area contributed by atoms with E-state index in [2.05, 4.69) is 18.2 Å². The first-order valence-electron chi connectivity index (χ1n) is 11.8. The van der Waals surface area contributed by atoms with Gasteiger partial charge in [-0.15, -0.1) is 0 Å². The molecule has 0 aliphatic heterocycles. The van der Waals surface area contributed by atoms with E-state index in [0.717, 1.165) is 40.4 Å². The number of aryl methyl sites for hydroxylation is 1. The molecule has 0 fully saturated rings. The Kier molecular flexibility index (Phi) is 11.2. The van der Waals surface area contributed by atoms with Crippen molar-refractivity contribution in [3.05, 3.63) is 75.6 Å². The molecule has 2 aromatic carbocycles. The fourth-order valence-corrected chi connectivity index (χ4v) is 3.86. The Balaban J connectivity index is 1.44. The molecule has 8 nitrogen and oxygen atoms in total. The second-order valence-electron chi connectivity index (χ2n) is 8.07. The van der Waals surface area contributed by atoms with Crippen LogP contribution in [-0.2, 0) is 20.6 Å². The molecule has 0 aliphatic carbocycles. The lowest BCUT2D eigenvalue weighted by atomic mass is 10.0. The smallest absolute Gasteiger partial charge is 0.119 e. The molecule has 1 N–H and O–H groups in total. The number of halogens is 1. The molecule has 0 atom stereocenters. The highest BCUT2D eigenvalue weighted by molar-refractivity contribution is 6.31. The molecule has 3 aromatic rings. The largest absolute Gasteiger partial charge is 0.491 e. The molecule has 1 aromatic heterocycles. The first-order chi connectivity index (χ1) is 17.5. The fraction of sp³-hybridized carbons (Fsp3) is 0.407. The first-order valence-corrected chi connectivity index (χ1v) is 12.2. The highest BCUT2D eigenvalue weighted by Crippen LogP contribution is 2.25. The average molecular weight is 514 g/mol. The molecule has 0 amide bonds. The van der Waals surface area contributed by atoms with Crippen molar-refractivity contribution in [2.75, 3.05) is 52.9 Å². The van der Waals surface area contributed by atoms with Gasteiger partial charge in [0.05, 0.1) is 68.2 Å². The predicted molar refractivity (Wildman–Crippen MR) is 137 cm³/mol. The number of nitrogens with zero attached hydrogens (tertiary/aromatic N) is 3. The van der Waals surface area contributed by atoms with E-state index in [1.165, 1.54) is 0 Å². The van der Waals surface area contributed by atoms with Gasteiger partial charge in [-0.2, -0.15) is 10.4 Å². The summed E-state index contributed by atoms with van der Waals surface area (Å²) >= 11 is 6.22. The maximum Gasteiger partial charge on any atom is 0.119 e. The number of aliphatic hydroxyl groups excluding tert-OH is 1. The van der Waals surface area contributed by atoms with Crippen molar-refractivity contribution < 1.29 is 24.1 Å². The molecule has 0 unspecified atom stereocenters. The van der Waals surface area contributed by atoms with Gasteiger partial charge in [0.2, 0.25) is 0 Å². The maximum absolute atomic E-state index is 9.11. The van der Waals surface area contributed by atoms with Crippen molar-refractivity contribution in [1.82, 2.24) is 9.78 Å². The zero-order valence-corrected chi connectivity index (χ0v) is 21.5. The van der Waals surface area contributed by atoms with Gasteiger partial charge in [-0.05, 0) is 49.7 Å². The van der Waals surface area contributed by atoms with E-state index in [-0.39, 0.29) is 6.61 Å². The monoisotopic (exact) mass is 513 g/mol. The highest BCUT2D eigenvalue weighted by Gasteiger charge is 2.14. The predicted octanol–water partition coefficient (Wildman–Crippen LogP) is 4.03. The van der Waals surface area contributed by atoms with E-state index in [1.807, 2.05) is 36.7 Å². The quantitative estimate of drug-likeness (QED) is 0.306. The number of ether oxygens (including phenoxy) is 4. The minimum absolute atomic E-state index is 0.0217. The van der Waals surface area contributed by atoms with Crippen molar-refractivity contribution in [3.63, 3.8) is 0 Å². The number of benzene rings is 2. The van der Waals surface area contributed by atoms with Crippen LogP contribution in [0.4, 0.5) is 0 Å². The maximum atomic E-state index is 9.11. The van der Waals surface area contributed by atoms with E-state index in [4.69, 9.17) is 46.0 Å². The fourth-order valence-electron chi connectivity index (χ4n) is 3.64. The van der Waals surface area contributed by atoms with Crippen molar-refractivity contribution >= 4 is 11.6 Å². The third-order valence-corrected chi connectivity index (χ3v) is 5.85. The van der Waals surface area contributed by atoms with Gasteiger partial charge in [0.25, 0.3) is 0 Å². The summed E-state index contributed by atoms with van der Waals surface area (Å²) in [7, 11) is 0. The second-order valence-corrected chi connectivity index (χ2v) is 8.47. The summed E-state index contributed by atoms with van der Waals surface area (Å²) in [6.45, 7) is 7.25. The molecule has 9 heteroatoms. The molecule has 3 rings (SSSR count). The third-order valence-electron chi connectivity index (χ3n) is 5.54. The van der Waals surface area contributed by atoms with E-state index in [1.54, 1.807) is 12.1 Å². The van der Waals surface area contributed by atoms with E-state index in [9.17, 15) is 0 Å². The lowest BCUT2D eigenvalue weighted by Gasteiger charge is -2.09. The van der Waals surface area contributed by atoms with Gasteiger partial charge in [-0.3, -0.25) is 0 Å². The van der Waals surface area contributed by atoms with E-state index >= 15 is 0 Å². The lowest BCUT2D eigenvalue weighted by molar-refractivity contribution is 0.00361. The van der Waals surface area contributed by atoms with Crippen LogP contribution in [0.2, 0.25) is 5.02 Å². The van der Waals surface area contributed by atoms with Crippen LogP contribution < -0.4 is 4.74 Å². The number of hydrogen-bond donors (Lipinski definition) is 1. The Labute approximate surface area is 216 Å². The normalized spacial score (nSPS) is 11.0. The van der Waals surface area contributed by atoms with Gasteiger partial charge >= 0.3 is 0 Å². The van der Waals surface area contributed by atoms with E-state index < -0.39 is 0 Å². The molecule has 0 saturated carbocycles. The molecule has 0 saturated heterocycles. The Morgan fingerprint density at radius 2 is 1.56 bits per heavy atom. The molecule has 0 aliphatic rings. The summed E-state index contributed by atoms with van der Waals surface area (Å²) in [5.41, 5.74) is 5.57. The van der Waals surface area contributed by atoms with Crippen LogP contribution in [0.15, 0.2) is 42.5 Å². The molecule has 0 bridgehead atoms. The number of nitriles is 1. The first kappa shape index (κ1) is 27.7. The number of hydrogen-bond acceptors (Lipinski definition) is 7. The second kappa shape index (κ2) is 14.6. The molecule has 0 spiro atoms. The number of rotatable bonds is 15. The summed E-state index contributed by atoms with van der Waals surface area (Å²) in [4.78, 5) is 0. The Morgan fingerprint density at radius 3 is 2.17 bits per heavy atom. The molecule has 0 radical (unpaired) electrons. The van der Waals surface area contributed by atoms with Crippen LogP contribution >= 0.6 is 11.6 Å². The van der Waals surface area contributed by atoms with E-state index in [0.29, 0.717) is 56.8 Å². The topological polar surface area (TPSA) is 98.8 Å². The SMILES string of the molecule is Cc1nn(-c2ccc(C#N)c(Cl)c2)c(C)c1Cc1ccc(OCCOCCOCCOCCO)cc1. The van der Waals surface area contributed by atoms with Gasteiger partial charge in [-0.1, -0.05) is 23.7 Å². The van der Waals surface area contributed by atoms with Crippen LogP contribution in [0.1, 0.15) is 28.1 Å². The lowest BCUT2D eigenvalue weighted by Crippen LogP contribution is -2.13. The van der Waals surface area contributed by atoms with Crippen LogP contribution in [0, 0.1) is 25.2 Å². The van der Waals surface area contributed by atoms with Gasteiger partial charge in [-0.25, -0.2) is 4.68 Å². The van der Waals surface area contributed by atoms with Gasteiger partial charge in [0, 0.05) is 17.7 Å². The Hall–Kier alpha value is -2.93. The van der Waals surface area contributed by atoms with Crippen LogP contribution in [0.3, 0.4) is 0 Å². The van der Waals surface area contributed by atoms with Crippen molar-refractivity contribution in [2.45, 2.75) is 20.3 Å². The number of aliphatic hydroxyl groups is 1. The van der Waals surface area contributed by atoms with Crippen LogP contribution in [0.5, 0.6) is 5.75 Å². The molecule has 192 valence electrons. The zero-order chi connectivity index (χ0) is 25.8. The van der Waals surface area contributed by atoms with Crippen LogP contribution in [0.25, 0.3) is 5.69 Å². The summed E-state index contributed by atoms with van der Waals surface area (Å²) in [6.07, 6.45) is 0.746. The summed E-state index contributed by atoms with van der Waals surface area (Å²) in [5, 5.41) is 22.8. The summed E-state index contributed by atoms with van der Waals surface area (Å²) in [5.74, 6) is 0.788. The zero-order valence-electron chi connectivity index (χ0n) is 20.7. The van der Waals surface area contributed by atoms with Gasteiger partial charge < -0.3 is 24.1 Å². The number of aromatic nitrogens is 2. The standard InChI is InChI=1S/C27H32ClN3O5/c1-20-26(21(2)31(30-20)24-6-5-23(19-29)27(28)18-24)17-22-3-7-25(8-4-22)36-16-15-35-14-13-34-12-11-33-10-9-32/h3-8,18,32H,9-17H2,1-2H3. The third kappa shape index (κ3) is 8.05. The average Bonchev–Trinajstić information content (AvgIpc) is 3.16. The minimum atomic E-state index is 0.0217. The molecular formula is C27H32ClN3O5. The Bertz CT molecular complexity index is 1140. The summed E-state index contributed by atoms with van der Waals surface area (Å²) < 4.78 is 23.6. The van der Waals surface area contributed by atoms with Gasteiger partial charge in [0.1, 0.15) is 18.4 Å². The molecular weight excluding hydrogens is 482 g/mol. The van der Waals surface area contributed by atoms with Crippen molar-refractivity contribution in [3.8, 4) is 17.5 Å². The molecule has 1 heterocycles. The highest BCUT2D eigenvalue weighted by atomic mass is 35.5. The van der Waals surface area contributed by atoms with Gasteiger partial charge in [0.15, 0.2) is 0 Å². The summed E-state index contributed by atoms with van der Waals surface area (Å²) in [6, 6.07) is 15.4.